The molecule has 150 valence electrons. The Morgan fingerprint density at radius 3 is 2.67 bits per heavy atom. The standard InChI is InChI=1S/C21H34N4O2/c1-22(2)20-7-4-6-17(12-20)21(27)25-14-18(19(15-25)16-26)13-24-9-5-8-23(3)10-11-24/h4,6-7,12,18-19,26H,5,8-11,13-16H2,1-3H3/t18-,19-/m0/s1. The van der Waals surface area contributed by atoms with E-state index in [-0.39, 0.29) is 18.4 Å². The quantitative estimate of drug-likeness (QED) is 0.836. The zero-order valence-corrected chi connectivity index (χ0v) is 17.0. The smallest absolute Gasteiger partial charge is 0.253 e. The van der Waals surface area contributed by atoms with E-state index in [4.69, 9.17) is 0 Å². The number of aliphatic hydroxyl groups is 1. The number of hydrogen-bond donors (Lipinski definition) is 1. The monoisotopic (exact) mass is 374 g/mol. The van der Waals surface area contributed by atoms with Crippen LogP contribution < -0.4 is 4.90 Å². The Kier molecular flexibility index (Phi) is 6.73. The second-order valence-corrected chi connectivity index (χ2v) is 8.32. The van der Waals surface area contributed by atoms with Crippen molar-refractivity contribution in [2.24, 2.45) is 11.8 Å². The van der Waals surface area contributed by atoms with Crippen molar-refractivity contribution in [3.8, 4) is 0 Å². The zero-order valence-electron chi connectivity index (χ0n) is 17.0. The van der Waals surface area contributed by atoms with Crippen molar-refractivity contribution in [1.29, 1.82) is 0 Å². The molecule has 0 aromatic heterocycles. The fourth-order valence-electron chi connectivity index (χ4n) is 4.23. The summed E-state index contributed by atoms with van der Waals surface area (Å²) in [7, 11) is 6.14. The summed E-state index contributed by atoms with van der Waals surface area (Å²) in [6.07, 6.45) is 1.19. The number of likely N-dealkylation sites (N-methyl/N-ethyl adjacent to an activating group) is 1. The Hall–Kier alpha value is -1.63. The molecule has 0 saturated carbocycles. The molecule has 0 aliphatic carbocycles. The highest BCUT2D eigenvalue weighted by Gasteiger charge is 2.36. The van der Waals surface area contributed by atoms with Crippen LogP contribution in [0.15, 0.2) is 24.3 Å². The van der Waals surface area contributed by atoms with Gasteiger partial charge in [-0.3, -0.25) is 4.79 Å². The summed E-state index contributed by atoms with van der Waals surface area (Å²) in [6.45, 7) is 6.94. The number of aliphatic hydroxyl groups excluding tert-OH is 1. The van der Waals surface area contributed by atoms with Gasteiger partial charge in [0.2, 0.25) is 0 Å². The first-order chi connectivity index (χ1) is 13.0. The number of anilines is 1. The average Bonchev–Trinajstić information content (AvgIpc) is 2.96. The van der Waals surface area contributed by atoms with Gasteiger partial charge in [-0.2, -0.15) is 0 Å². The van der Waals surface area contributed by atoms with E-state index in [1.165, 1.54) is 6.42 Å². The molecule has 0 unspecified atom stereocenters. The van der Waals surface area contributed by atoms with Crippen LogP contribution in [-0.2, 0) is 0 Å². The number of rotatable bonds is 5. The lowest BCUT2D eigenvalue weighted by Gasteiger charge is -2.26. The summed E-state index contributed by atoms with van der Waals surface area (Å²) < 4.78 is 0. The van der Waals surface area contributed by atoms with Gasteiger partial charge in [-0.25, -0.2) is 0 Å². The molecule has 0 radical (unpaired) electrons. The molecule has 1 N–H and O–H groups in total. The maximum atomic E-state index is 13.0. The Bertz CT molecular complexity index is 636. The minimum atomic E-state index is 0.0789. The summed E-state index contributed by atoms with van der Waals surface area (Å²) in [5.41, 5.74) is 1.76. The van der Waals surface area contributed by atoms with E-state index in [0.29, 0.717) is 12.5 Å². The van der Waals surface area contributed by atoms with Crippen LogP contribution in [0.3, 0.4) is 0 Å². The fourth-order valence-corrected chi connectivity index (χ4v) is 4.23. The maximum absolute atomic E-state index is 13.0. The molecule has 0 spiro atoms. The second-order valence-electron chi connectivity index (χ2n) is 8.32. The lowest BCUT2D eigenvalue weighted by atomic mass is 9.96. The average molecular weight is 375 g/mol. The van der Waals surface area contributed by atoms with Crippen molar-refractivity contribution in [2.45, 2.75) is 6.42 Å². The largest absolute Gasteiger partial charge is 0.396 e. The normalized spacial score (nSPS) is 24.8. The lowest BCUT2D eigenvalue weighted by molar-refractivity contribution is 0.0779. The van der Waals surface area contributed by atoms with Gasteiger partial charge in [0.1, 0.15) is 0 Å². The number of hydrogen-bond acceptors (Lipinski definition) is 5. The van der Waals surface area contributed by atoms with Crippen LogP contribution in [0.2, 0.25) is 0 Å². The number of benzene rings is 1. The fraction of sp³-hybridized carbons (Fsp3) is 0.667. The van der Waals surface area contributed by atoms with Crippen molar-refractivity contribution in [3.63, 3.8) is 0 Å². The van der Waals surface area contributed by atoms with Gasteiger partial charge in [-0.1, -0.05) is 6.07 Å². The second kappa shape index (κ2) is 9.04. The molecule has 1 amide bonds. The van der Waals surface area contributed by atoms with E-state index < -0.39 is 0 Å². The van der Waals surface area contributed by atoms with Crippen molar-refractivity contribution < 1.29 is 9.90 Å². The van der Waals surface area contributed by atoms with Crippen LogP contribution in [0, 0.1) is 11.8 Å². The summed E-state index contributed by atoms with van der Waals surface area (Å²) in [4.78, 5) is 21.9. The van der Waals surface area contributed by atoms with Gasteiger partial charge in [0.15, 0.2) is 0 Å². The zero-order chi connectivity index (χ0) is 19.4. The predicted octanol–water partition coefficient (Wildman–Crippen LogP) is 1.07. The summed E-state index contributed by atoms with van der Waals surface area (Å²) in [6, 6.07) is 7.79. The number of carbonyl (C=O) groups is 1. The Morgan fingerprint density at radius 1 is 1.15 bits per heavy atom. The molecule has 0 bridgehead atoms. The topological polar surface area (TPSA) is 50.3 Å². The van der Waals surface area contributed by atoms with Gasteiger partial charge in [-0.15, -0.1) is 0 Å². The number of nitrogens with zero attached hydrogens (tertiary/aromatic N) is 4. The molecule has 2 heterocycles. The summed E-state index contributed by atoms with van der Waals surface area (Å²) >= 11 is 0. The molecule has 6 heteroatoms. The first-order valence-electron chi connectivity index (χ1n) is 10.1. The van der Waals surface area contributed by atoms with Crippen LogP contribution in [0.4, 0.5) is 5.69 Å². The SMILES string of the molecule is CN1CCCN(C[C@H]2CN(C(=O)c3cccc(N(C)C)c3)C[C@H]2CO)CC1. The Labute approximate surface area is 163 Å². The van der Waals surface area contributed by atoms with Gasteiger partial charge in [0.25, 0.3) is 5.91 Å². The first-order valence-corrected chi connectivity index (χ1v) is 10.1. The van der Waals surface area contributed by atoms with Crippen molar-refractivity contribution in [2.75, 3.05) is 78.5 Å². The number of carbonyl (C=O) groups excluding carboxylic acids is 1. The minimum Gasteiger partial charge on any atom is -0.396 e. The minimum absolute atomic E-state index is 0.0789. The van der Waals surface area contributed by atoms with Gasteiger partial charge >= 0.3 is 0 Å². The lowest BCUT2D eigenvalue weighted by Crippen LogP contribution is -2.36. The van der Waals surface area contributed by atoms with Crippen molar-refractivity contribution in [3.05, 3.63) is 29.8 Å². The van der Waals surface area contributed by atoms with Crippen LogP contribution >= 0.6 is 0 Å². The van der Waals surface area contributed by atoms with E-state index in [0.717, 1.165) is 50.5 Å². The van der Waals surface area contributed by atoms with E-state index in [1.54, 1.807) is 0 Å². The number of likely N-dealkylation sites (tertiary alicyclic amines) is 1. The molecule has 1 aromatic rings. The van der Waals surface area contributed by atoms with Crippen LogP contribution in [0.1, 0.15) is 16.8 Å². The molecule has 2 aliphatic heterocycles. The highest BCUT2D eigenvalue weighted by Crippen LogP contribution is 2.27. The van der Waals surface area contributed by atoms with Crippen molar-refractivity contribution >= 4 is 11.6 Å². The molecule has 1 aromatic carbocycles. The van der Waals surface area contributed by atoms with Crippen LogP contribution in [0.25, 0.3) is 0 Å². The molecule has 27 heavy (non-hydrogen) atoms. The third kappa shape index (κ3) is 5.00. The molecule has 3 rings (SSSR count). The van der Waals surface area contributed by atoms with Crippen LogP contribution in [-0.4, -0.2) is 99.3 Å². The third-order valence-electron chi connectivity index (χ3n) is 6.01. The molecule has 2 fully saturated rings. The van der Waals surface area contributed by atoms with Crippen LogP contribution in [0.5, 0.6) is 0 Å². The third-order valence-corrected chi connectivity index (χ3v) is 6.01. The maximum Gasteiger partial charge on any atom is 0.253 e. The van der Waals surface area contributed by atoms with E-state index in [9.17, 15) is 9.90 Å². The van der Waals surface area contributed by atoms with Gasteiger partial charge in [0, 0.05) is 70.6 Å². The Morgan fingerprint density at radius 2 is 1.93 bits per heavy atom. The van der Waals surface area contributed by atoms with Gasteiger partial charge in [-0.05, 0) is 50.7 Å². The summed E-state index contributed by atoms with van der Waals surface area (Å²) in [5.74, 6) is 0.599. The van der Waals surface area contributed by atoms with Gasteiger partial charge < -0.3 is 24.7 Å². The molecule has 2 aliphatic rings. The predicted molar refractivity (Wildman–Crippen MR) is 109 cm³/mol. The molecule has 2 atom stereocenters. The molecular formula is C21H34N4O2. The van der Waals surface area contributed by atoms with Gasteiger partial charge in [0.05, 0.1) is 0 Å². The first kappa shape index (κ1) is 20.1. The highest BCUT2D eigenvalue weighted by molar-refractivity contribution is 5.95. The Balaban J connectivity index is 1.64. The molecular weight excluding hydrogens is 340 g/mol. The van der Waals surface area contributed by atoms with E-state index >= 15 is 0 Å². The van der Waals surface area contributed by atoms with E-state index in [1.807, 2.05) is 48.2 Å². The van der Waals surface area contributed by atoms with E-state index in [2.05, 4.69) is 16.8 Å². The van der Waals surface area contributed by atoms with Crippen molar-refractivity contribution in [1.82, 2.24) is 14.7 Å². The molecule has 2 saturated heterocycles. The highest BCUT2D eigenvalue weighted by atomic mass is 16.3. The molecule has 6 nitrogen and oxygen atoms in total. The summed E-state index contributed by atoms with van der Waals surface area (Å²) in [5, 5.41) is 9.88. The number of amides is 1.